The fraction of sp³-hybridized carbons (Fsp3) is 0.900. The number of rotatable bonds is 3. The second-order valence-corrected chi connectivity index (χ2v) is 6.88. The summed E-state index contributed by atoms with van der Waals surface area (Å²) in [6, 6.07) is 0. The molecule has 14 heavy (non-hydrogen) atoms. The van der Waals surface area contributed by atoms with Gasteiger partial charge in [-0.05, 0) is 25.7 Å². The molecule has 1 rings (SSSR count). The average Bonchev–Trinajstić information content (AvgIpc) is 2.50. The Labute approximate surface area is 85.8 Å². The molecule has 3 nitrogen and oxygen atoms in total. The highest BCUT2D eigenvalue weighted by Gasteiger charge is 2.39. The van der Waals surface area contributed by atoms with Gasteiger partial charge in [-0.3, -0.25) is 4.79 Å². The van der Waals surface area contributed by atoms with E-state index in [4.69, 9.17) is 0 Å². The molecule has 0 amide bonds. The highest BCUT2D eigenvalue weighted by atomic mass is 32.2. The second kappa shape index (κ2) is 4.01. The van der Waals surface area contributed by atoms with E-state index >= 15 is 0 Å². The van der Waals surface area contributed by atoms with Crippen LogP contribution in [-0.4, -0.2) is 24.7 Å². The van der Waals surface area contributed by atoms with Crippen molar-refractivity contribution < 1.29 is 13.2 Å². The number of sulfone groups is 1. The summed E-state index contributed by atoms with van der Waals surface area (Å²) in [4.78, 5) is 11.4. The summed E-state index contributed by atoms with van der Waals surface area (Å²) in [6.07, 6.45) is 1.69. The Bertz CT molecular complexity index is 316. The highest BCUT2D eigenvalue weighted by molar-refractivity contribution is 7.93. The number of hydrogen-bond acceptors (Lipinski definition) is 3. The van der Waals surface area contributed by atoms with Gasteiger partial charge in [-0.25, -0.2) is 8.42 Å². The molecule has 1 aliphatic carbocycles. The van der Waals surface area contributed by atoms with Crippen LogP contribution >= 0.6 is 0 Å². The molecule has 0 heterocycles. The summed E-state index contributed by atoms with van der Waals surface area (Å²) < 4.78 is 23.9. The minimum atomic E-state index is -3.24. The Morgan fingerprint density at radius 1 is 1.29 bits per heavy atom. The third-order valence-electron chi connectivity index (χ3n) is 3.10. The standard InChI is InChI=1S/C10H18O3S/c1-7(2)8(3)14(12,13)10-6-4-5-9(10)11/h7-8,10H,4-6H2,1-3H3. The van der Waals surface area contributed by atoms with Crippen molar-refractivity contribution in [2.75, 3.05) is 0 Å². The Kier molecular flexibility index (Phi) is 3.35. The van der Waals surface area contributed by atoms with Crippen LogP contribution in [0.5, 0.6) is 0 Å². The van der Waals surface area contributed by atoms with Gasteiger partial charge in [-0.2, -0.15) is 0 Å². The lowest BCUT2D eigenvalue weighted by Crippen LogP contribution is -2.35. The van der Waals surface area contributed by atoms with Crippen molar-refractivity contribution >= 4 is 15.6 Å². The Morgan fingerprint density at radius 2 is 1.86 bits per heavy atom. The van der Waals surface area contributed by atoms with Crippen molar-refractivity contribution in [1.29, 1.82) is 0 Å². The summed E-state index contributed by atoms with van der Waals surface area (Å²) >= 11 is 0. The Balaban J connectivity index is 2.90. The van der Waals surface area contributed by atoms with E-state index in [9.17, 15) is 13.2 Å². The molecule has 0 aliphatic heterocycles. The zero-order valence-corrected chi connectivity index (χ0v) is 9.80. The van der Waals surface area contributed by atoms with Crippen LogP contribution in [-0.2, 0) is 14.6 Å². The number of ketones is 1. The van der Waals surface area contributed by atoms with Gasteiger partial charge in [0.15, 0.2) is 15.6 Å². The number of hydrogen-bond donors (Lipinski definition) is 0. The Hall–Kier alpha value is -0.380. The van der Waals surface area contributed by atoms with Crippen molar-refractivity contribution in [1.82, 2.24) is 0 Å². The van der Waals surface area contributed by atoms with Crippen LogP contribution in [0.25, 0.3) is 0 Å². The summed E-state index contributed by atoms with van der Waals surface area (Å²) in [7, 11) is -3.24. The third-order valence-corrected chi connectivity index (χ3v) is 5.97. The highest BCUT2D eigenvalue weighted by Crippen LogP contribution is 2.27. The third kappa shape index (κ3) is 2.00. The molecule has 0 aromatic carbocycles. The summed E-state index contributed by atoms with van der Waals surface area (Å²) in [5.41, 5.74) is 0. The van der Waals surface area contributed by atoms with Gasteiger partial charge in [-0.1, -0.05) is 13.8 Å². The van der Waals surface area contributed by atoms with E-state index in [-0.39, 0.29) is 11.7 Å². The number of Topliss-reactive ketones (excluding diaryl/α,β-unsaturated/α-hetero) is 1. The zero-order valence-electron chi connectivity index (χ0n) is 8.99. The van der Waals surface area contributed by atoms with Crippen LogP contribution in [0.3, 0.4) is 0 Å². The van der Waals surface area contributed by atoms with Gasteiger partial charge >= 0.3 is 0 Å². The predicted octanol–water partition coefficient (Wildman–Crippen LogP) is 1.57. The fourth-order valence-corrected chi connectivity index (χ4v) is 4.03. The maximum Gasteiger partial charge on any atom is 0.163 e. The van der Waals surface area contributed by atoms with Crippen LogP contribution in [0.4, 0.5) is 0 Å². The van der Waals surface area contributed by atoms with E-state index in [0.717, 1.165) is 6.42 Å². The van der Waals surface area contributed by atoms with E-state index in [1.807, 2.05) is 13.8 Å². The van der Waals surface area contributed by atoms with Gasteiger partial charge < -0.3 is 0 Å². The monoisotopic (exact) mass is 218 g/mol. The fourth-order valence-electron chi connectivity index (χ4n) is 1.77. The quantitative estimate of drug-likeness (QED) is 0.722. The first-order valence-corrected chi connectivity index (χ1v) is 6.73. The molecule has 0 spiro atoms. The van der Waals surface area contributed by atoms with Crippen LogP contribution in [0.2, 0.25) is 0 Å². The number of carbonyl (C=O) groups is 1. The van der Waals surface area contributed by atoms with E-state index in [2.05, 4.69) is 0 Å². The van der Waals surface area contributed by atoms with E-state index in [0.29, 0.717) is 12.8 Å². The molecule has 0 bridgehead atoms. The summed E-state index contributed by atoms with van der Waals surface area (Å²) in [5, 5.41) is -1.12. The molecular weight excluding hydrogens is 200 g/mol. The van der Waals surface area contributed by atoms with E-state index in [1.165, 1.54) is 0 Å². The van der Waals surface area contributed by atoms with Crippen molar-refractivity contribution in [2.24, 2.45) is 5.92 Å². The molecule has 1 aliphatic rings. The number of carbonyl (C=O) groups excluding carboxylic acids is 1. The molecule has 2 atom stereocenters. The first-order chi connectivity index (χ1) is 6.37. The molecule has 0 saturated heterocycles. The maximum atomic E-state index is 12.0. The lowest BCUT2D eigenvalue weighted by Gasteiger charge is -2.19. The molecule has 0 radical (unpaired) electrons. The first kappa shape index (κ1) is 11.7. The maximum absolute atomic E-state index is 12.0. The lowest BCUT2D eigenvalue weighted by atomic mass is 10.2. The van der Waals surface area contributed by atoms with Crippen molar-refractivity contribution in [2.45, 2.75) is 50.5 Å². The molecule has 1 fully saturated rings. The molecule has 2 unspecified atom stereocenters. The molecule has 0 N–H and O–H groups in total. The van der Waals surface area contributed by atoms with Crippen LogP contribution in [0.1, 0.15) is 40.0 Å². The van der Waals surface area contributed by atoms with Gasteiger partial charge in [0, 0.05) is 6.42 Å². The van der Waals surface area contributed by atoms with E-state index in [1.54, 1.807) is 6.92 Å². The van der Waals surface area contributed by atoms with Gasteiger partial charge in [0.25, 0.3) is 0 Å². The van der Waals surface area contributed by atoms with E-state index < -0.39 is 20.3 Å². The van der Waals surface area contributed by atoms with Gasteiger partial charge in [-0.15, -0.1) is 0 Å². The van der Waals surface area contributed by atoms with Crippen molar-refractivity contribution in [3.8, 4) is 0 Å². The Morgan fingerprint density at radius 3 is 2.21 bits per heavy atom. The zero-order chi connectivity index (χ0) is 10.9. The minimum absolute atomic E-state index is 0.0772. The molecule has 0 aromatic rings. The second-order valence-electron chi connectivity index (χ2n) is 4.39. The molecular formula is C10H18O3S. The van der Waals surface area contributed by atoms with Crippen LogP contribution in [0, 0.1) is 5.92 Å². The smallest absolute Gasteiger partial charge is 0.163 e. The summed E-state index contributed by atoms with van der Waals surface area (Å²) in [6.45, 7) is 5.45. The summed E-state index contributed by atoms with van der Waals surface area (Å²) in [5.74, 6) is -0.00843. The molecule has 0 aromatic heterocycles. The van der Waals surface area contributed by atoms with Gasteiger partial charge in [0.1, 0.15) is 5.25 Å². The molecule has 82 valence electrons. The average molecular weight is 218 g/mol. The van der Waals surface area contributed by atoms with Crippen molar-refractivity contribution in [3.05, 3.63) is 0 Å². The van der Waals surface area contributed by atoms with Crippen LogP contribution < -0.4 is 0 Å². The minimum Gasteiger partial charge on any atom is -0.298 e. The first-order valence-electron chi connectivity index (χ1n) is 5.12. The largest absolute Gasteiger partial charge is 0.298 e. The normalized spacial score (nSPS) is 25.7. The molecule has 1 saturated carbocycles. The lowest BCUT2D eigenvalue weighted by molar-refractivity contribution is -0.117. The van der Waals surface area contributed by atoms with Crippen LogP contribution in [0.15, 0.2) is 0 Å². The van der Waals surface area contributed by atoms with Crippen molar-refractivity contribution in [3.63, 3.8) is 0 Å². The van der Waals surface area contributed by atoms with Gasteiger partial charge in [0.2, 0.25) is 0 Å². The predicted molar refractivity (Wildman–Crippen MR) is 55.9 cm³/mol. The topological polar surface area (TPSA) is 51.2 Å². The SMILES string of the molecule is CC(C)C(C)S(=O)(=O)C1CCCC1=O. The molecule has 4 heteroatoms. The van der Waals surface area contributed by atoms with Gasteiger partial charge in [0.05, 0.1) is 5.25 Å².